The fraction of sp³-hybridized carbons (Fsp3) is 0.368. The molecule has 9 heteroatoms. The fourth-order valence-electron chi connectivity index (χ4n) is 3.47. The number of piperidine rings is 1. The van der Waals surface area contributed by atoms with Crippen LogP contribution in [-0.4, -0.2) is 34.0 Å². The van der Waals surface area contributed by atoms with Gasteiger partial charge in [0.25, 0.3) is 0 Å². The third kappa shape index (κ3) is 4.39. The molecule has 0 bridgehead atoms. The Kier molecular flexibility index (Phi) is 5.44. The summed E-state index contributed by atoms with van der Waals surface area (Å²) in [5, 5.41) is 4.39. The SMILES string of the molecule is FC(F)(F)c1cccc(CN2CCC(Nc3ncnc4sc(Cl)cc34)CC2)c1. The van der Waals surface area contributed by atoms with Crippen LogP contribution in [0.15, 0.2) is 36.7 Å². The van der Waals surface area contributed by atoms with Gasteiger partial charge in [-0.15, -0.1) is 11.3 Å². The Hall–Kier alpha value is -1.90. The lowest BCUT2D eigenvalue weighted by Gasteiger charge is -2.32. The number of fused-ring (bicyclic) bond motifs is 1. The van der Waals surface area contributed by atoms with Crippen molar-refractivity contribution in [3.63, 3.8) is 0 Å². The van der Waals surface area contributed by atoms with Gasteiger partial charge in [0.05, 0.1) is 15.3 Å². The van der Waals surface area contributed by atoms with E-state index in [0.717, 1.165) is 48.0 Å². The summed E-state index contributed by atoms with van der Waals surface area (Å²) in [7, 11) is 0. The summed E-state index contributed by atoms with van der Waals surface area (Å²) in [5.74, 6) is 0.782. The predicted molar refractivity (Wildman–Crippen MR) is 106 cm³/mol. The molecule has 0 aliphatic carbocycles. The number of thiophene rings is 1. The van der Waals surface area contributed by atoms with Crippen LogP contribution in [0.5, 0.6) is 0 Å². The van der Waals surface area contributed by atoms with Crippen LogP contribution in [0.3, 0.4) is 0 Å². The summed E-state index contributed by atoms with van der Waals surface area (Å²) in [6.07, 6.45) is -0.995. The Labute approximate surface area is 169 Å². The van der Waals surface area contributed by atoms with Crippen LogP contribution in [0, 0.1) is 0 Å². The lowest BCUT2D eigenvalue weighted by atomic mass is 10.0. The Morgan fingerprint density at radius 2 is 1.96 bits per heavy atom. The van der Waals surface area contributed by atoms with E-state index in [2.05, 4.69) is 20.2 Å². The first kappa shape index (κ1) is 19.4. The zero-order valence-electron chi connectivity index (χ0n) is 14.8. The van der Waals surface area contributed by atoms with E-state index in [4.69, 9.17) is 11.6 Å². The molecule has 0 unspecified atom stereocenters. The minimum absolute atomic E-state index is 0.259. The molecule has 1 aliphatic rings. The second-order valence-electron chi connectivity index (χ2n) is 6.88. The lowest BCUT2D eigenvalue weighted by molar-refractivity contribution is -0.137. The van der Waals surface area contributed by atoms with Gasteiger partial charge in [0, 0.05) is 25.7 Å². The van der Waals surface area contributed by atoms with Crippen molar-refractivity contribution in [2.45, 2.75) is 31.6 Å². The first-order chi connectivity index (χ1) is 13.4. The molecule has 4 nitrogen and oxygen atoms in total. The highest BCUT2D eigenvalue weighted by molar-refractivity contribution is 7.22. The molecule has 1 fully saturated rings. The summed E-state index contributed by atoms with van der Waals surface area (Å²) >= 11 is 7.50. The largest absolute Gasteiger partial charge is 0.416 e. The topological polar surface area (TPSA) is 41.0 Å². The highest BCUT2D eigenvalue weighted by Crippen LogP contribution is 2.32. The number of halogens is 4. The van der Waals surface area contributed by atoms with Crippen LogP contribution in [0.4, 0.5) is 19.0 Å². The molecular formula is C19H18ClF3N4S. The van der Waals surface area contributed by atoms with Gasteiger partial charge in [-0.05, 0) is 30.5 Å². The molecule has 1 saturated heterocycles. The third-order valence-electron chi connectivity index (χ3n) is 4.89. The van der Waals surface area contributed by atoms with Crippen molar-refractivity contribution in [3.8, 4) is 0 Å². The lowest BCUT2D eigenvalue weighted by Crippen LogP contribution is -2.38. The standard InChI is InChI=1S/C19H18ClF3N4S/c20-16-9-15-17(24-11-25-18(15)28-16)26-14-4-6-27(7-5-14)10-12-2-1-3-13(8-12)19(21,22)23/h1-3,8-9,11,14H,4-7,10H2,(H,24,25,26). The molecule has 3 heterocycles. The Morgan fingerprint density at radius 1 is 1.18 bits per heavy atom. The molecule has 0 atom stereocenters. The van der Waals surface area contributed by atoms with Crippen LogP contribution in [0.2, 0.25) is 4.34 Å². The van der Waals surface area contributed by atoms with Crippen molar-refractivity contribution in [1.82, 2.24) is 14.9 Å². The van der Waals surface area contributed by atoms with Crippen LogP contribution in [0.1, 0.15) is 24.0 Å². The van der Waals surface area contributed by atoms with Gasteiger partial charge in [-0.25, -0.2) is 9.97 Å². The van der Waals surface area contributed by atoms with Crippen molar-refractivity contribution in [3.05, 3.63) is 52.1 Å². The number of aromatic nitrogens is 2. The van der Waals surface area contributed by atoms with Crippen molar-refractivity contribution < 1.29 is 13.2 Å². The van der Waals surface area contributed by atoms with E-state index in [-0.39, 0.29) is 6.04 Å². The zero-order valence-corrected chi connectivity index (χ0v) is 16.4. The van der Waals surface area contributed by atoms with Crippen molar-refractivity contribution in [1.29, 1.82) is 0 Å². The average Bonchev–Trinajstić information content (AvgIpc) is 3.04. The molecule has 28 heavy (non-hydrogen) atoms. The second kappa shape index (κ2) is 7.85. The van der Waals surface area contributed by atoms with Crippen LogP contribution < -0.4 is 5.32 Å². The zero-order chi connectivity index (χ0) is 19.7. The van der Waals surface area contributed by atoms with Crippen LogP contribution >= 0.6 is 22.9 Å². The Morgan fingerprint density at radius 3 is 2.71 bits per heavy atom. The summed E-state index contributed by atoms with van der Waals surface area (Å²) in [5.41, 5.74) is 0.0930. The highest BCUT2D eigenvalue weighted by Gasteiger charge is 2.30. The van der Waals surface area contributed by atoms with E-state index >= 15 is 0 Å². The molecule has 3 aromatic rings. The van der Waals surface area contributed by atoms with E-state index in [1.165, 1.54) is 29.8 Å². The number of alkyl halides is 3. The van der Waals surface area contributed by atoms with Crippen molar-refractivity contribution in [2.24, 2.45) is 0 Å². The number of benzene rings is 1. The molecular weight excluding hydrogens is 409 g/mol. The molecule has 0 radical (unpaired) electrons. The number of nitrogens with one attached hydrogen (secondary N) is 1. The first-order valence-corrected chi connectivity index (χ1v) is 10.1. The number of likely N-dealkylation sites (tertiary alicyclic amines) is 1. The van der Waals surface area contributed by atoms with Crippen LogP contribution in [-0.2, 0) is 12.7 Å². The minimum Gasteiger partial charge on any atom is -0.367 e. The minimum atomic E-state index is -4.31. The second-order valence-corrected chi connectivity index (χ2v) is 8.55. The van der Waals surface area contributed by atoms with E-state index in [1.54, 1.807) is 6.07 Å². The van der Waals surface area contributed by atoms with Gasteiger partial charge in [-0.3, -0.25) is 4.90 Å². The maximum atomic E-state index is 12.9. The maximum Gasteiger partial charge on any atom is 0.416 e. The van der Waals surface area contributed by atoms with Gasteiger partial charge in [-0.1, -0.05) is 29.8 Å². The Balaban J connectivity index is 1.36. The number of hydrogen-bond acceptors (Lipinski definition) is 5. The molecule has 0 amide bonds. The number of nitrogens with zero attached hydrogens (tertiary/aromatic N) is 3. The Bertz CT molecular complexity index is 967. The molecule has 1 aromatic carbocycles. The monoisotopic (exact) mass is 426 g/mol. The van der Waals surface area contributed by atoms with E-state index in [0.29, 0.717) is 16.4 Å². The predicted octanol–water partition coefficient (Wildman–Crippen LogP) is 5.44. The normalized spacial score (nSPS) is 16.6. The molecule has 0 saturated carbocycles. The number of rotatable bonds is 4. The van der Waals surface area contributed by atoms with Crippen molar-refractivity contribution in [2.75, 3.05) is 18.4 Å². The summed E-state index contributed by atoms with van der Waals surface area (Å²) in [6.45, 7) is 2.15. The van der Waals surface area contributed by atoms with E-state index in [9.17, 15) is 13.2 Å². The van der Waals surface area contributed by atoms with Gasteiger partial charge >= 0.3 is 6.18 Å². The van der Waals surface area contributed by atoms with Gasteiger partial charge in [0.1, 0.15) is 17.0 Å². The molecule has 4 rings (SSSR count). The third-order valence-corrected chi connectivity index (χ3v) is 6.06. The number of hydrogen-bond donors (Lipinski definition) is 1. The van der Waals surface area contributed by atoms with Gasteiger partial charge in [0.15, 0.2) is 0 Å². The molecule has 0 spiro atoms. The van der Waals surface area contributed by atoms with Gasteiger partial charge < -0.3 is 5.32 Å². The highest BCUT2D eigenvalue weighted by atomic mass is 35.5. The first-order valence-electron chi connectivity index (χ1n) is 8.93. The summed E-state index contributed by atoms with van der Waals surface area (Å²) in [6, 6.07) is 7.69. The quantitative estimate of drug-likeness (QED) is 0.603. The van der Waals surface area contributed by atoms with E-state index < -0.39 is 11.7 Å². The average molecular weight is 427 g/mol. The molecule has 1 N–H and O–H groups in total. The van der Waals surface area contributed by atoms with Crippen LogP contribution in [0.25, 0.3) is 10.2 Å². The number of anilines is 1. The smallest absolute Gasteiger partial charge is 0.367 e. The maximum absolute atomic E-state index is 12.9. The van der Waals surface area contributed by atoms with E-state index in [1.807, 2.05) is 6.07 Å². The summed E-state index contributed by atoms with van der Waals surface area (Å²) in [4.78, 5) is 11.6. The fourth-order valence-corrected chi connectivity index (χ4v) is 4.53. The van der Waals surface area contributed by atoms with Crippen molar-refractivity contribution >= 4 is 39.0 Å². The molecule has 2 aromatic heterocycles. The summed E-state index contributed by atoms with van der Waals surface area (Å²) < 4.78 is 39.3. The van der Waals surface area contributed by atoms with Gasteiger partial charge in [-0.2, -0.15) is 13.2 Å². The van der Waals surface area contributed by atoms with Gasteiger partial charge in [0.2, 0.25) is 0 Å². The molecule has 148 valence electrons. The molecule has 1 aliphatic heterocycles.